The van der Waals surface area contributed by atoms with Crippen molar-refractivity contribution < 1.29 is 19.0 Å². The molecule has 0 bridgehead atoms. The van der Waals surface area contributed by atoms with Gasteiger partial charge >= 0.3 is 0 Å². The van der Waals surface area contributed by atoms with Gasteiger partial charge in [0.15, 0.2) is 5.75 Å². The van der Waals surface area contributed by atoms with Crippen molar-refractivity contribution in [3.8, 4) is 17.2 Å². The van der Waals surface area contributed by atoms with Gasteiger partial charge in [-0.1, -0.05) is 63.7 Å². The van der Waals surface area contributed by atoms with Gasteiger partial charge in [0.25, 0.3) is 0 Å². The van der Waals surface area contributed by atoms with Crippen molar-refractivity contribution in [1.29, 1.82) is 0 Å². The summed E-state index contributed by atoms with van der Waals surface area (Å²) >= 11 is 23.6. The van der Waals surface area contributed by atoms with E-state index in [9.17, 15) is 0 Å². The van der Waals surface area contributed by atoms with E-state index in [0.29, 0.717) is 41.4 Å². The molecule has 0 saturated carbocycles. The molecule has 2 rings (SSSR count). The van der Waals surface area contributed by atoms with E-state index in [1.165, 1.54) is 6.08 Å². The lowest BCUT2D eigenvalue weighted by molar-refractivity contribution is 0.160. The van der Waals surface area contributed by atoms with Gasteiger partial charge in [-0.15, -0.1) is 0 Å². The van der Waals surface area contributed by atoms with Gasteiger partial charge in [0, 0.05) is 12.1 Å². The van der Waals surface area contributed by atoms with Crippen LogP contribution in [-0.4, -0.2) is 32.6 Å². The van der Waals surface area contributed by atoms with E-state index in [1.807, 2.05) is 31.2 Å². The van der Waals surface area contributed by atoms with E-state index < -0.39 is 0 Å². The fourth-order valence-electron chi connectivity index (χ4n) is 2.38. The largest absolute Gasteiger partial charge is 0.494 e. The Morgan fingerprint density at radius 3 is 2.32 bits per heavy atom. The van der Waals surface area contributed by atoms with Crippen LogP contribution in [0.15, 0.2) is 52.1 Å². The summed E-state index contributed by atoms with van der Waals surface area (Å²) < 4.78 is 17.1. The number of hydrogen-bond acceptors (Lipinski definition) is 5. The molecule has 9 heteroatoms. The zero-order valence-corrected chi connectivity index (χ0v) is 20.0. The van der Waals surface area contributed by atoms with Crippen LogP contribution in [0.1, 0.15) is 25.3 Å². The topological polar surface area (TPSA) is 49.3 Å². The van der Waals surface area contributed by atoms with Crippen molar-refractivity contribution in [2.24, 2.45) is 5.16 Å². The van der Waals surface area contributed by atoms with Crippen molar-refractivity contribution in [3.63, 3.8) is 0 Å². The van der Waals surface area contributed by atoms with Gasteiger partial charge in [-0.25, -0.2) is 0 Å². The van der Waals surface area contributed by atoms with Gasteiger partial charge in [-0.3, -0.25) is 0 Å². The lowest BCUT2D eigenvalue weighted by Gasteiger charge is -2.12. The van der Waals surface area contributed by atoms with Gasteiger partial charge in [0.05, 0.1) is 29.5 Å². The second-order valence-electron chi connectivity index (χ2n) is 6.15. The number of hydrogen-bond donors (Lipinski definition) is 0. The second-order valence-corrected chi connectivity index (χ2v) is 7.97. The summed E-state index contributed by atoms with van der Waals surface area (Å²) in [5.74, 6) is 1.69. The Balaban J connectivity index is 1.73. The first-order valence-electron chi connectivity index (χ1n) is 9.63. The van der Waals surface area contributed by atoms with Gasteiger partial charge < -0.3 is 19.0 Å². The van der Waals surface area contributed by atoms with Gasteiger partial charge in [-0.2, -0.15) is 0 Å². The molecule has 0 aliphatic rings. The molecule has 0 amide bonds. The summed E-state index contributed by atoms with van der Waals surface area (Å²) in [5, 5.41) is 4.58. The third kappa shape index (κ3) is 9.92. The summed E-state index contributed by atoms with van der Waals surface area (Å²) in [5.41, 5.74) is 0.910. The fourth-order valence-corrected chi connectivity index (χ4v) is 3.09. The van der Waals surface area contributed by atoms with Gasteiger partial charge in [0.2, 0.25) is 0 Å². The molecule has 0 radical (unpaired) electrons. The molecule has 0 heterocycles. The molecule has 168 valence electrons. The van der Waals surface area contributed by atoms with Gasteiger partial charge in [-0.05, 0) is 43.5 Å². The third-order valence-electron chi connectivity index (χ3n) is 3.78. The van der Waals surface area contributed by atoms with E-state index in [4.69, 9.17) is 65.5 Å². The molecule has 0 N–H and O–H groups in total. The van der Waals surface area contributed by atoms with Crippen molar-refractivity contribution in [1.82, 2.24) is 0 Å². The monoisotopic (exact) mass is 505 g/mol. The Kier molecular flexibility index (Phi) is 11.8. The molecule has 0 unspecified atom stereocenters. The first-order valence-corrected chi connectivity index (χ1v) is 11.1. The molecule has 0 atom stereocenters. The fraction of sp³-hybridized carbons (Fsp3) is 0.318. The molecule has 0 aliphatic carbocycles. The van der Waals surface area contributed by atoms with Crippen molar-refractivity contribution in [2.45, 2.75) is 19.8 Å². The summed E-state index contributed by atoms with van der Waals surface area (Å²) in [6.45, 7) is 3.63. The average Bonchev–Trinajstić information content (AvgIpc) is 2.72. The van der Waals surface area contributed by atoms with Crippen LogP contribution in [0.25, 0.3) is 0 Å². The number of ether oxygens (including phenoxy) is 3. The third-order valence-corrected chi connectivity index (χ3v) is 4.65. The predicted molar refractivity (Wildman–Crippen MR) is 128 cm³/mol. The Bertz CT molecular complexity index is 863. The molecule has 5 nitrogen and oxygen atoms in total. The van der Waals surface area contributed by atoms with Crippen molar-refractivity contribution in [2.75, 3.05) is 26.4 Å². The van der Waals surface area contributed by atoms with Crippen molar-refractivity contribution in [3.05, 3.63) is 62.6 Å². The number of halogens is 4. The highest BCUT2D eigenvalue weighted by atomic mass is 35.5. The number of benzene rings is 2. The highest BCUT2D eigenvalue weighted by molar-refractivity contribution is 6.55. The molecule has 0 aliphatic heterocycles. The molecule has 0 fully saturated rings. The lowest BCUT2D eigenvalue weighted by atomic mass is 10.2. The first-order chi connectivity index (χ1) is 15.0. The Hall–Kier alpha value is -1.79. The number of nitrogens with zero attached hydrogens (tertiary/aromatic N) is 1. The highest BCUT2D eigenvalue weighted by Gasteiger charge is 2.10. The van der Waals surface area contributed by atoms with E-state index in [0.717, 1.165) is 24.2 Å². The quantitative estimate of drug-likeness (QED) is 0.162. The summed E-state index contributed by atoms with van der Waals surface area (Å²) in [4.78, 5) is 4.97. The van der Waals surface area contributed by atoms with Crippen LogP contribution in [0.3, 0.4) is 0 Å². The highest BCUT2D eigenvalue weighted by Crippen LogP contribution is 2.37. The smallest absolute Gasteiger partial charge is 0.156 e. The normalized spacial score (nSPS) is 10.7. The van der Waals surface area contributed by atoms with Crippen LogP contribution in [0, 0.1) is 0 Å². The zero-order valence-electron chi connectivity index (χ0n) is 17.0. The minimum absolute atomic E-state index is 0.129. The molecule has 2 aromatic rings. The van der Waals surface area contributed by atoms with Crippen LogP contribution in [0.2, 0.25) is 10.0 Å². The molecule has 2 aromatic carbocycles. The maximum Gasteiger partial charge on any atom is 0.156 e. The molecular weight excluding hydrogens is 484 g/mol. The molecule has 31 heavy (non-hydrogen) atoms. The first kappa shape index (κ1) is 25.5. The Morgan fingerprint density at radius 1 is 0.935 bits per heavy atom. The van der Waals surface area contributed by atoms with Crippen LogP contribution < -0.4 is 14.2 Å². The predicted octanol–water partition coefficient (Wildman–Crippen LogP) is 7.30. The maximum absolute atomic E-state index is 6.26. The van der Waals surface area contributed by atoms with E-state index in [-0.39, 0.29) is 11.1 Å². The molecule has 0 saturated heterocycles. The van der Waals surface area contributed by atoms with Crippen LogP contribution in [0.5, 0.6) is 17.2 Å². The summed E-state index contributed by atoms with van der Waals surface area (Å²) in [7, 11) is 0. The molecule has 0 aromatic heterocycles. The summed E-state index contributed by atoms with van der Waals surface area (Å²) in [6, 6.07) is 10.9. The van der Waals surface area contributed by atoms with Crippen molar-refractivity contribution >= 4 is 52.6 Å². The zero-order chi connectivity index (χ0) is 22.5. The van der Waals surface area contributed by atoms with Crippen LogP contribution in [-0.2, 0) is 4.84 Å². The van der Waals surface area contributed by atoms with E-state index >= 15 is 0 Å². The Morgan fingerprint density at radius 2 is 1.65 bits per heavy atom. The molecular formula is C22H23Cl4NO4. The average molecular weight is 507 g/mol. The lowest BCUT2D eigenvalue weighted by Crippen LogP contribution is -2.03. The summed E-state index contributed by atoms with van der Waals surface area (Å²) in [6.07, 6.45) is 4.74. The van der Waals surface area contributed by atoms with Crippen LogP contribution >= 0.6 is 46.4 Å². The van der Waals surface area contributed by atoms with Gasteiger partial charge in [0.1, 0.15) is 29.2 Å². The maximum atomic E-state index is 6.26. The number of rotatable bonds is 13. The SMILES string of the molecule is CCO/N=C/c1cccc(OCCCCOc2c(Cl)cc(OCC=C(Cl)Cl)cc2Cl)c1. The molecule has 0 spiro atoms. The van der Waals surface area contributed by atoms with E-state index in [1.54, 1.807) is 18.3 Å². The van der Waals surface area contributed by atoms with E-state index in [2.05, 4.69) is 5.16 Å². The Labute approximate surface area is 202 Å². The van der Waals surface area contributed by atoms with Crippen LogP contribution in [0.4, 0.5) is 0 Å². The minimum Gasteiger partial charge on any atom is -0.494 e. The number of unbranched alkanes of at least 4 members (excludes halogenated alkanes) is 1. The standard InChI is InChI=1S/C22H23Cl4NO4/c1-2-31-27-15-16-6-5-7-17(12-16)28-9-3-4-10-30-22-19(23)13-18(14-20(22)24)29-11-8-21(25)26/h5-8,12-15H,2-4,9-11H2,1H3/b27-15+. The number of oxime groups is 1. The minimum atomic E-state index is 0.129. The second kappa shape index (κ2) is 14.3.